The lowest BCUT2D eigenvalue weighted by Gasteiger charge is -2.32. The average Bonchev–Trinajstić information content (AvgIpc) is 3.24. The van der Waals surface area contributed by atoms with Gasteiger partial charge in [-0.2, -0.15) is 0 Å². The van der Waals surface area contributed by atoms with Crippen LogP contribution in [0.3, 0.4) is 0 Å². The third-order valence-corrected chi connectivity index (χ3v) is 5.54. The zero-order valence-corrected chi connectivity index (χ0v) is 13.9. The summed E-state index contributed by atoms with van der Waals surface area (Å²) in [7, 11) is 0. The van der Waals surface area contributed by atoms with Crippen molar-refractivity contribution in [1.82, 2.24) is 10.2 Å². The van der Waals surface area contributed by atoms with Crippen molar-refractivity contribution in [3.63, 3.8) is 0 Å². The van der Waals surface area contributed by atoms with E-state index >= 15 is 0 Å². The summed E-state index contributed by atoms with van der Waals surface area (Å²) >= 11 is 3.76. The number of morpholine rings is 1. The lowest BCUT2D eigenvalue weighted by atomic mass is 10.1. The quantitative estimate of drug-likeness (QED) is 0.883. The van der Waals surface area contributed by atoms with Crippen molar-refractivity contribution in [3.8, 4) is 0 Å². The Labute approximate surface area is 135 Å². The van der Waals surface area contributed by atoms with E-state index in [2.05, 4.69) is 44.3 Å². The lowest BCUT2D eigenvalue weighted by molar-refractivity contribution is -0.0411. The third-order valence-electron chi connectivity index (χ3n) is 4.80. The Morgan fingerprint density at radius 1 is 1.14 bits per heavy atom. The molecule has 3 fully saturated rings. The molecule has 0 amide bonds. The molecule has 2 saturated heterocycles. The van der Waals surface area contributed by atoms with Crippen LogP contribution >= 0.6 is 15.9 Å². The molecule has 1 N–H and O–H groups in total. The summed E-state index contributed by atoms with van der Waals surface area (Å²) in [6, 6.07) is 7.60. The van der Waals surface area contributed by atoms with Crippen LogP contribution in [-0.4, -0.2) is 36.2 Å². The van der Waals surface area contributed by atoms with E-state index in [1.165, 1.54) is 41.3 Å². The molecule has 0 radical (unpaired) electrons. The van der Waals surface area contributed by atoms with Crippen LogP contribution in [0.15, 0.2) is 22.7 Å². The van der Waals surface area contributed by atoms with Crippen LogP contribution in [0.4, 0.5) is 0 Å². The largest absolute Gasteiger partial charge is 0.372 e. The number of hydrogen-bond donors (Lipinski definition) is 1. The molecule has 2 unspecified atom stereocenters. The molecule has 1 aromatic rings. The first-order valence-corrected chi connectivity index (χ1v) is 8.94. The van der Waals surface area contributed by atoms with Gasteiger partial charge in [-0.1, -0.05) is 28.1 Å². The molecule has 3 aliphatic rings. The number of rotatable bonds is 5. The second-order valence-corrected chi connectivity index (χ2v) is 7.59. The number of nitrogens with one attached hydrogen (secondary N) is 1. The number of hydrogen-bond acceptors (Lipinski definition) is 3. The molecule has 2 aliphatic heterocycles. The number of benzene rings is 1. The van der Waals surface area contributed by atoms with E-state index < -0.39 is 0 Å². The molecule has 1 saturated carbocycles. The molecule has 4 rings (SSSR count). The van der Waals surface area contributed by atoms with E-state index in [1.54, 1.807) is 0 Å². The molecule has 4 heteroatoms. The molecular weight excluding hydrogens is 328 g/mol. The Kier molecular flexibility index (Phi) is 4.05. The average molecular weight is 351 g/mol. The van der Waals surface area contributed by atoms with E-state index in [-0.39, 0.29) is 0 Å². The van der Waals surface area contributed by atoms with Crippen molar-refractivity contribution < 1.29 is 4.74 Å². The fraction of sp³-hybridized carbons (Fsp3) is 0.647. The van der Waals surface area contributed by atoms with Gasteiger partial charge in [0.25, 0.3) is 0 Å². The van der Waals surface area contributed by atoms with Gasteiger partial charge in [-0.05, 0) is 42.9 Å². The highest BCUT2D eigenvalue weighted by Crippen LogP contribution is 2.29. The Morgan fingerprint density at radius 3 is 2.57 bits per heavy atom. The first-order chi connectivity index (χ1) is 10.3. The van der Waals surface area contributed by atoms with Gasteiger partial charge in [0.2, 0.25) is 0 Å². The number of ether oxygens (including phenoxy) is 1. The predicted octanol–water partition coefficient (Wildman–Crippen LogP) is 3.06. The number of halogens is 1. The van der Waals surface area contributed by atoms with Gasteiger partial charge >= 0.3 is 0 Å². The minimum Gasteiger partial charge on any atom is -0.372 e. The minimum atomic E-state index is 0.476. The number of fused-ring (bicyclic) bond motifs is 2. The molecule has 2 heterocycles. The smallest absolute Gasteiger partial charge is 0.0707 e. The number of nitrogens with zero attached hydrogens (tertiary/aromatic N) is 1. The van der Waals surface area contributed by atoms with Crippen LogP contribution < -0.4 is 5.32 Å². The van der Waals surface area contributed by atoms with E-state index in [0.29, 0.717) is 12.2 Å². The van der Waals surface area contributed by atoms with E-state index in [4.69, 9.17) is 4.74 Å². The summed E-state index contributed by atoms with van der Waals surface area (Å²) in [5.41, 5.74) is 2.77. The highest BCUT2D eigenvalue weighted by Gasteiger charge is 2.33. The van der Waals surface area contributed by atoms with E-state index in [1.807, 2.05) is 0 Å². The molecule has 2 atom stereocenters. The van der Waals surface area contributed by atoms with Gasteiger partial charge in [-0.15, -0.1) is 0 Å². The molecule has 114 valence electrons. The van der Waals surface area contributed by atoms with E-state index in [9.17, 15) is 0 Å². The van der Waals surface area contributed by atoms with Crippen molar-refractivity contribution in [3.05, 3.63) is 33.8 Å². The summed E-state index contributed by atoms with van der Waals surface area (Å²) in [5.74, 6) is 0. The molecule has 3 nitrogen and oxygen atoms in total. The highest BCUT2D eigenvalue weighted by atomic mass is 79.9. The van der Waals surface area contributed by atoms with Gasteiger partial charge < -0.3 is 10.1 Å². The Hall–Kier alpha value is -0.420. The zero-order valence-electron chi connectivity index (χ0n) is 12.4. The van der Waals surface area contributed by atoms with Gasteiger partial charge in [0.1, 0.15) is 0 Å². The van der Waals surface area contributed by atoms with Crippen LogP contribution in [0.2, 0.25) is 0 Å². The molecule has 1 aromatic carbocycles. The van der Waals surface area contributed by atoms with Gasteiger partial charge in [0.15, 0.2) is 0 Å². The Balaban J connectivity index is 1.38. The minimum absolute atomic E-state index is 0.476. The molecule has 2 bridgehead atoms. The van der Waals surface area contributed by atoms with Crippen molar-refractivity contribution in [2.75, 3.05) is 13.1 Å². The summed E-state index contributed by atoms with van der Waals surface area (Å²) in [5, 5.41) is 3.57. The fourth-order valence-corrected chi connectivity index (χ4v) is 4.00. The zero-order chi connectivity index (χ0) is 14.2. The second-order valence-electron chi connectivity index (χ2n) is 6.73. The first-order valence-electron chi connectivity index (χ1n) is 8.15. The normalized spacial score (nSPS) is 29.0. The Bertz CT molecular complexity index is 506. The maximum atomic E-state index is 5.91. The van der Waals surface area contributed by atoms with Crippen molar-refractivity contribution >= 4 is 15.9 Å². The van der Waals surface area contributed by atoms with Gasteiger partial charge in [-0.25, -0.2) is 0 Å². The summed E-state index contributed by atoms with van der Waals surface area (Å²) < 4.78 is 7.16. The molecule has 21 heavy (non-hydrogen) atoms. The van der Waals surface area contributed by atoms with Gasteiger partial charge in [0.05, 0.1) is 12.2 Å². The third kappa shape index (κ3) is 3.50. The number of likely N-dealkylation sites (tertiary alicyclic amines) is 1. The second kappa shape index (κ2) is 5.99. The fourth-order valence-electron chi connectivity index (χ4n) is 3.45. The van der Waals surface area contributed by atoms with E-state index in [0.717, 1.165) is 32.2 Å². The molecular formula is C17H23BrN2O. The molecule has 0 aromatic heterocycles. The van der Waals surface area contributed by atoms with Crippen LogP contribution in [0.1, 0.15) is 36.8 Å². The van der Waals surface area contributed by atoms with Crippen molar-refractivity contribution in [2.24, 2.45) is 0 Å². The lowest BCUT2D eigenvalue weighted by Crippen LogP contribution is -2.42. The summed E-state index contributed by atoms with van der Waals surface area (Å²) in [6.45, 7) is 4.21. The predicted molar refractivity (Wildman–Crippen MR) is 87.2 cm³/mol. The van der Waals surface area contributed by atoms with Crippen LogP contribution in [0.25, 0.3) is 0 Å². The SMILES string of the molecule is Brc1cc(CNC2CC2)ccc1CN1CC2CCC(C1)O2. The van der Waals surface area contributed by atoms with Gasteiger partial charge in [-0.3, -0.25) is 4.90 Å². The van der Waals surface area contributed by atoms with Crippen molar-refractivity contribution in [2.45, 2.75) is 57.0 Å². The molecule has 0 spiro atoms. The summed E-state index contributed by atoms with van der Waals surface area (Å²) in [6.07, 6.45) is 6.13. The maximum Gasteiger partial charge on any atom is 0.0707 e. The maximum absolute atomic E-state index is 5.91. The van der Waals surface area contributed by atoms with Crippen molar-refractivity contribution in [1.29, 1.82) is 0 Å². The molecule has 1 aliphatic carbocycles. The standard InChI is InChI=1S/C17H23BrN2O/c18-17-7-12(8-19-14-3-4-14)1-2-13(17)9-20-10-15-5-6-16(11-20)21-15/h1-2,7,14-16,19H,3-6,8-11H2. The van der Waals surface area contributed by atoms with Crippen LogP contribution in [-0.2, 0) is 17.8 Å². The summed E-state index contributed by atoms with van der Waals surface area (Å²) in [4.78, 5) is 2.55. The first kappa shape index (κ1) is 14.2. The Morgan fingerprint density at radius 2 is 1.90 bits per heavy atom. The van der Waals surface area contributed by atoms with Crippen LogP contribution in [0.5, 0.6) is 0 Å². The topological polar surface area (TPSA) is 24.5 Å². The van der Waals surface area contributed by atoms with Crippen LogP contribution in [0, 0.1) is 0 Å². The highest BCUT2D eigenvalue weighted by molar-refractivity contribution is 9.10. The monoisotopic (exact) mass is 350 g/mol. The van der Waals surface area contributed by atoms with Gasteiger partial charge in [0, 0.05) is 36.7 Å².